The Bertz CT molecular complexity index is 509. The summed E-state index contributed by atoms with van der Waals surface area (Å²) in [6, 6.07) is 5.23. The molecule has 2 N–H and O–H groups in total. The van der Waals surface area contributed by atoms with E-state index >= 15 is 0 Å². The fourth-order valence-electron chi connectivity index (χ4n) is 1.69. The molecule has 0 aliphatic rings. The van der Waals surface area contributed by atoms with Crippen LogP contribution in [0.25, 0.3) is 6.08 Å². The molecule has 0 unspecified atom stereocenters. The molecule has 0 atom stereocenters. The van der Waals surface area contributed by atoms with E-state index in [0.717, 1.165) is 11.6 Å². The lowest BCUT2D eigenvalue weighted by Crippen LogP contribution is -2.27. The lowest BCUT2D eigenvalue weighted by Gasteiger charge is -2.07. The molecule has 0 spiro atoms. The fraction of sp³-hybridized carbons (Fsp3) is 0.333. The highest BCUT2D eigenvalue weighted by Gasteiger charge is 2.06. The number of carbonyl (C=O) groups is 2. The molecule has 0 heterocycles. The van der Waals surface area contributed by atoms with Crippen molar-refractivity contribution in [1.82, 2.24) is 5.32 Å². The molecule has 1 aromatic rings. The Morgan fingerprint density at radius 1 is 1.35 bits per heavy atom. The quantitative estimate of drug-likeness (QED) is 0.589. The first kappa shape index (κ1) is 15.9. The average molecular weight is 277 g/mol. The summed E-state index contributed by atoms with van der Waals surface area (Å²) >= 11 is 0. The van der Waals surface area contributed by atoms with Gasteiger partial charge in [0.05, 0.1) is 6.61 Å². The number of carboxylic acid groups (broad SMARTS) is 1. The zero-order chi connectivity index (χ0) is 15.0. The minimum Gasteiger partial charge on any atom is -0.478 e. The smallest absolute Gasteiger partial charge is 0.328 e. The van der Waals surface area contributed by atoms with Gasteiger partial charge in [0.15, 0.2) is 0 Å². The van der Waals surface area contributed by atoms with E-state index in [1.165, 1.54) is 6.08 Å². The normalized spacial score (nSPS) is 10.7. The number of hydrogen-bond acceptors (Lipinski definition) is 3. The van der Waals surface area contributed by atoms with Crippen LogP contribution in [0.5, 0.6) is 0 Å². The number of nitrogens with one attached hydrogen (secondary N) is 1. The van der Waals surface area contributed by atoms with Crippen LogP contribution in [0.1, 0.15) is 28.4 Å². The second-order valence-corrected chi connectivity index (χ2v) is 4.26. The Labute approximate surface area is 118 Å². The van der Waals surface area contributed by atoms with E-state index in [2.05, 4.69) is 5.32 Å². The molecular formula is C15H19NO4. The molecule has 1 rings (SSSR count). The van der Waals surface area contributed by atoms with E-state index in [1.807, 2.05) is 19.9 Å². The van der Waals surface area contributed by atoms with Gasteiger partial charge in [-0.1, -0.05) is 6.07 Å². The summed E-state index contributed by atoms with van der Waals surface area (Å²) in [5, 5.41) is 11.4. The van der Waals surface area contributed by atoms with Crippen molar-refractivity contribution in [3.63, 3.8) is 0 Å². The molecule has 1 aromatic carbocycles. The largest absolute Gasteiger partial charge is 0.478 e. The van der Waals surface area contributed by atoms with Crippen LogP contribution in [0.3, 0.4) is 0 Å². The summed E-state index contributed by atoms with van der Waals surface area (Å²) in [6.07, 6.45) is 2.51. The number of carboxylic acids is 1. The number of amides is 1. The molecule has 0 aliphatic carbocycles. The molecule has 5 heteroatoms. The van der Waals surface area contributed by atoms with Crippen LogP contribution < -0.4 is 5.32 Å². The van der Waals surface area contributed by atoms with Crippen LogP contribution in [0.2, 0.25) is 0 Å². The van der Waals surface area contributed by atoms with Crippen LogP contribution in [-0.2, 0) is 9.53 Å². The van der Waals surface area contributed by atoms with Crippen LogP contribution in [-0.4, -0.2) is 36.7 Å². The van der Waals surface area contributed by atoms with Crippen LogP contribution in [0.4, 0.5) is 0 Å². The molecule has 0 aliphatic heterocycles. The molecule has 0 fully saturated rings. The number of benzene rings is 1. The zero-order valence-corrected chi connectivity index (χ0v) is 11.7. The summed E-state index contributed by atoms with van der Waals surface area (Å²) in [6.45, 7) is 5.28. The van der Waals surface area contributed by atoms with Crippen molar-refractivity contribution < 1.29 is 19.4 Å². The summed E-state index contributed by atoms with van der Waals surface area (Å²) in [5.74, 6) is -1.22. The van der Waals surface area contributed by atoms with Crippen LogP contribution in [0, 0.1) is 6.92 Å². The molecular weight excluding hydrogens is 258 g/mol. The third kappa shape index (κ3) is 5.67. The van der Waals surface area contributed by atoms with Crippen molar-refractivity contribution in [3.05, 3.63) is 41.0 Å². The highest BCUT2D eigenvalue weighted by atomic mass is 16.5. The SMILES string of the molecule is CCOCCNC(=O)c1cc(C)cc(/C=C/C(=O)O)c1. The van der Waals surface area contributed by atoms with Crippen molar-refractivity contribution >= 4 is 18.0 Å². The highest BCUT2D eigenvalue weighted by molar-refractivity contribution is 5.95. The van der Waals surface area contributed by atoms with Crippen LogP contribution in [0.15, 0.2) is 24.3 Å². The Kier molecular flexibility index (Phi) is 6.46. The summed E-state index contributed by atoms with van der Waals surface area (Å²) in [7, 11) is 0. The van der Waals surface area contributed by atoms with E-state index in [1.54, 1.807) is 12.1 Å². The van der Waals surface area contributed by atoms with E-state index in [-0.39, 0.29) is 5.91 Å². The molecule has 0 bridgehead atoms. The number of rotatable bonds is 7. The van der Waals surface area contributed by atoms with Gasteiger partial charge in [0.2, 0.25) is 0 Å². The number of aryl methyl sites for hydroxylation is 1. The number of ether oxygens (including phenoxy) is 1. The van der Waals surface area contributed by atoms with Crippen molar-refractivity contribution in [3.8, 4) is 0 Å². The maximum atomic E-state index is 11.9. The van der Waals surface area contributed by atoms with Gasteiger partial charge in [0.1, 0.15) is 0 Å². The van der Waals surface area contributed by atoms with Crippen molar-refractivity contribution in [2.45, 2.75) is 13.8 Å². The van der Waals surface area contributed by atoms with Crippen molar-refractivity contribution in [1.29, 1.82) is 0 Å². The van der Waals surface area contributed by atoms with Crippen molar-refractivity contribution in [2.24, 2.45) is 0 Å². The van der Waals surface area contributed by atoms with E-state index in [4.69, 9.17) is 9.84 Å². The van der Waals surface area contributed by atoms with Gasteiger partial charge in [-0.25, -0.2) is 4.79 Å². The number of hydrogen-bond donors (Lipinski definition) is 2. The zero-order valence-electron chi connectivity index (χ0n) is 11.7. The van der Waals surface area contributed by atoms with E-state index in [0.29, 0.717) is 30.9 Å². The van der Waals surface area contributed by atoms with Crippen molar-refractivity contribution in [2.75, 3.05) is 19.8 Å². The molecule has 1 amide bonds. The van der Waals surface area contributed by atoms with Gasteiger partial charge in [-0.05, 0) is 43.2 Å². The van der Waals surface area contributed by atoms with Crippen LogP contribution >= 0.6 is 0 Å². The molecule has 5 nitrogen and oxygen atoms in total. The minimum absolute atomic E-state index is 0.196. The first-order valence-electron chi connectivity index (χ1n) is 6.41. The van der Waals surface area contributed by atoms with Gasteiger partial charge < -0.3 is 15.2 Å². The Balaban J connectivity index is 2.74. The van der Waals surface area contributed by atoms with Gasteiger partial charge in [0.25, 0.3) is 5.91 Å². The third-order valence-electron chi connectivity index (χ3n) is 2.52. The van der Waals surface area contributed by atoms with Gasteiger partial charge >= 0.3 is 5.97 Å². The molecule has 0 saturated heterocycles. The molecule has 0 saturated carbocycles. The topological polar surface area (TPSA) is 75.6 Å². The Morgan fingerprint density at radius 3 is 2.75 bits per heavy atom. The lowest BCUT2D eigenvalue weighted by atomic mass is 10.1. The molecule has 108 valence electrons. The maximum Gasteiger partial charge on any atom is 0.328 e. The minimum atomic E-state index is -1.02. The second kappa shape index (κ2) is 8.12. The molecule has 0 radical (unpaired) electrons. The molecule has 0 aromatic heterocycles. The number of aliphatic carboxylic acids is 1. The number of carbonyl (C=O) groups excluding carboxylic acids is 1. The van der Waals surface area contributed by atoms with Gasteiger partial charge in [-0.3, -0.25) is 4.79 Å². The van der Waals surface area contributed by atoms with Gasteiger partial charge in [-0.2, -0.15) is 0 Å². The average Bonchev–Trinajstić information content (AvgIpc) is 2.40. The molecule has 20 heavy (non-hydrogen) atoms. The predicted molar refractivity (Wildman–Crippen MR) is 76.7 cm³/mol. The fourth-order valence-corrected chi connectivity index (χ4v) is 1.69. The summed E-state index contributed by atoms with van der Waals surface area (Å²) in [4.78, 5) is 22.4. The van der Waals surface area contributed by atoms with E-state index in [9.17, 15) is 9.59 Å². The van der Waals surface area contributed by atoms with Gasteiger partial charge in [0, 0.05) is 24.8 Å². The monoisotopic (exact) mass is 277 g/mol. The predicted octanol–water partition coefficient (Wildman–Crippen LogP) is 1.86. The van der Waals surface area contributed by atoms with Gasteiger partial charge in [-0.15, -0.1) is 0 Å². The lowest BCUT2D eigenvalue weighted by molar-refractivity contribution is -0.131. The highest BCUT2D eigenvalue weighted by Crippen LogP contribution is 2.11. The standard InChI is InChI=1S/C15H19NO4/c1-3-20-7-6-16-15(19)13-9-11(2)8-12(10-13)4-5-14(17)18/h4-5,8-10H,3,6-7H2,1-2H3,(H,16,19)(H,17,18)/b5-4+. The summed E-state index contributed by atoms with van der Waals surface area (Å²) < 4.78 is 5.14. The summed E-state index contributed by atoms with van der Waals surface area (Å²) in [5.41, 5.74) is 2.08. The third-order valence-corrected chi connectivity index (χ3v) is 2.52. The first-order chi connectivity index (χ1) is 9.52. The first-order valence-corrected chi connectivity index (χ1v) is 6.41. The van der Waals surface area contributed by atoms with E-state index < -0.39 is 5.97 Å². The Hall–Kier alpha value is -2.14. The maximum absolute atomic E-state index is 11.9. The second-order valence-electron chi connectivity index (χ2n) is 4.26. The Morgan fingerprint density at radius 2 is 2.10 bits per heavy atom.